The van der Waals surface area contributed by atoms with Crippen LogP contribution in [0.15, 0.2) is 47.6 Å². The standard InChI is InChI=1S/C16H16ClN3O/c1-10-8-11-4-2-3-5-15(11)20(10)12-6-7-13(14(17)9-12)16(18)19-21/h2-7,9-10,21H,8H2,1H3,(H2,18,19). The van der Waals surface area contributed by atoms with E-state index in [9.17, 15) is 0 Å². The SMILES string of the molecule is CC1Cc2ccccc2N1c1ccc(C(N)=NO)c(Cl)c1. The topological polar surface area (TPSA) is 61.8 Å². The van der Waals surface area contributed by atoms with Gasteiger partial charge in [0.15, 0.2) is 5.84 Å². The highest BCUT2D eigenvalue weighted by atomic mass is 35.5. The number of anilines is 2. The fourth-order valence-corrected chi connectivity index (χ4v) is 3.15. The second kappa shape index (κ2) is 5.30. The van der Waals surface area contributed by atoms with Crippen molar-refractivity contribution in [3.63, 3.8) is 0 Å². The lowest BCUT2D eigenvalue weighted by molar-refractivity contribution is 0.318. The lowest BCUT2D eigenvalue weighted by atomic mass is 10.1. The Hall–Kier alpha value is -2.20. The van der Waals surface area contributed by atoms with Gasteiger partial charge in [-0.25, -0.2) is 0 Å². The number of hydrogen-bond acceptors (Lipinski definition) is 3. The highest BCUT2D eigenvalue weighted by molar-refractivity contribution is 6.34. The fraction of sp³-hybridized carbons (Fsp3) is 0.188. The number of para-hydroxylation sites is 1. The number of oxime groups is 1. The molecule has 108 valence electrons. The highest BCUT2D eigenvalue weighted by Crippen LogP contribution is 2.39. The van der Waals surface area contributed by atoms with Gasteiger partial charge in [-0.1, -0.05) is 35.0 Å². The van der Waals surface area contributed by atoms with Crippen LogP contribution >= 0.6 is 11.6 Å². The molecule has 0 aromatic heterocycles. The molecular weight excluding hydrogens is 286 g/mol. The van der Waals surface area contributed by atoms with Gasteiger partial charge in [-0.15, -0.1) is 0 Å². The van der Waals surface area contributed by atoms with E-state index in [0.29, 0.717) is 16.6 Å². The summed E-state index contributed by atoms with van der Waals surface area (Å²) in [5, 5.41) is 12.2. The Morgan fingerprint density at radius 3 is 2.81 bits per heavy atom. The van der Waals surface area contributed by atoms with Gasteiger partial charge in [-0.05, 0) is 43.2 Å². The van der Waals surface area contributed by atoms with Gasteiger partial charge in [0.2, 0.25) is 0 Å². The maximum absolute atomic E-state index is 8.76. The number of halogens is 1. The van der Waals surface area contributed by atoms with E-state index in [1.165, 1.54) is 11.3 Å². The average molecular weight is 302 g/mol. The maximum Gasteiger partial charge on any atom is 0.171 e. The monoisotopic (exact) mass is 301 g/mol. The third-order valence-corrected chi connectivity index (χ3v) is 4.13. The van der Waals surface area contributed by atoms with Gasteiger partial charge >= 0.3 is 0 Å². The van der Waals surface area contributed by atoms with Gasteiger partial charge in [-0.3, -0.25) is 0 Å². The molecule has 2 aromatic carbocycles. The minimum absolute atomic E-state index is 0.0152. The predicted molar refractivity (Wildman–Crippen MR) is 85.7 cm³/mol. The van der Waals surface area contributed by atoms with Crippen LogP contribution in [0.1, 0.15) is 18.1 Å². The summed E-state index contributed by atoms with van der Waals surface area (Å²) in [4.78, 5) is 2.26. The third-order valence-electron chi connectivity index (χ3n) is 3.82. The number of hydrogen-bond donors (Lipinski definition) is 2. The normalized spacial score (nSPS) is 17.9. The molecule has 4 nitrogen and oxygen atoms in total. The van der Waals surface area contributed by atoms with Crippen molar-refractivity contribution in [3.05, 3.63) is 58.6 Å². The second-order valence-electron chi connectivity index (χ2n) is 5.20. The summed E-state index contributed by atoms with van der Waals surface area (Å²) >= 11 is 6.26. The van der Waals surface area contributed by atoms with Crippen molar-refractivity contribution in [1.29, 1.82) is 0 Å². The summed E-state index contributed by atoms with van der Waals surface area (Å²) in [5.74, 6) is 0.0152. The fourth-order valence-electron chi connectivity index (χ4n) is 2.87. The number of nitrogens with two attached hydrogens (primary N) is 1. The first-order chi connectivity index (χ1) is 10.1. The molecule has 1 atom stereocenters. The molecule has 21 heavy (non-hydrogen) atoms. The Morgan fingerprint density at radius 2 is 2.10 bits per heavy atom. The molecule has 2 aromatic rings. The summed E-state index contributed by atoms with van der Waals surface area (Å²) in [5.41, 5.74) is 9.68. The molecule has 0 radical (unpaired) electrons. The zero-order chi connectivity index (χ0) is 15.0. The third kappa shape index (κ3) is 2.32. The van der Waals surface area contributed by atoms with Crippen LogP contribution in [0.25, 0.3) is 0 Å². The summed E-state index contributed by atoms with van der Waals surface area (Å²) in [7, 11) is 0. The van der Waals surface area contributed by atoms with Crippen molar-refractivity contribution >= 4 is 28.8 Å². The molecule has 3 rings (SSSR count). The minimum atomic E-state index is 0.0152. The zero-order valence-electron chi connectivity index (χ0n) is 11.6. The van der Waals surface area contributed by atoms with E-state index in [1.807, 2.05) is 18.2 Å². The Kier molecular flexibility index (Phi) is 3.47. The summed E-state index contributed by atoms with van der Waals surface area (Å²) in [6, 6.07) is 14.3. The van der Waals surface area contributed by atoms with Crippen LogP contribution in [0.3, 0.4) is 0 Å². The predicted octanol–water partition coefficient (Wildman–Crippen LogP) is 3.52. The van der Waals surface area contributed by atoms with E-state index in [-0.39, 0.29) is 5.84 Å². The lowest BCUT2D eigenvalue weighted by Crippen LogP contribution is -2.24. The van der Waals surface area contributed by atoms with E-state index in [2.05, 4.69) is 35.2 Å². The first-order valence-corrected chi connectivity index (χ1v) is 7.14. The molecule has 1 heterocycles. The molecule has 5 heteroatoms. The Balaban J connectivity index is 2.04. The van der Waals surface area contributed by atoms with E-state index in [0.717, 1.165) is 12.1 Å². The number of nitrogens with zero attached hydrogens (tertiary/aromatic N) is 2. The van der Waals surface area contributed by atoms with E-state index < -0.39 is 0 Å². The maximum atomic E-state index is 8.76. The second-order valence-corrected chi connectivity index (χ2v) is 5.61. The van der Waals surface area contributed by atoms with Crippen LogP contribution in [0.5, 0.6) is 0 Å². The Morgan fingerprint density at radius 1 is 1.33 bits per heavy atom. The summed E-state index contributed by atoms with van der Waals surface area (Å²) < 4.78 is 0. The molecule has 3 N–H and O–H groups in total. The molecular formula is C16H16ClN3O. The molecule has 1 aliphatic rings. The zero-order valence-corrected chi connectivity index (χ0v) is 12.4. The van der Waals surface area contributed by atoms with E-state index in [1.54, 1.807) is 6.07 Å². The largest absolute Gasteiger partial charge is 0.409 e. The minimum Gasteiger partial charge on any atom is -0.409 e. The molecule has 0 saturated heterocycles. The van der Waals surface area contributed by atoms with Crippen LogP contribution in [0.4, 0.5) is 11.4 Å². The van der Waals surface area contributed by atoms with Crippen LogP contribution in [0, 0.1) is 0 Å². The lowest BCUT2D eigenvalue weighted by Gasteiger charge is -2.25. The number of benzene rings is 2. The Bertz CT molecular complexity index is 714. The van der Waals surface area contributed by atoms with Crippen LogP contribution in [-0.2, 0) is 6.42 Å². The van der Waals surface area contributed by atoms with Crippen molar-refractivity contribution in [3.8, 4) is 0 Å². The van der Waals surface area contributed by atoms with Gasteiger partial charge in [0.25, 0.3) is 0 Å². The number of amidine groups is 1. The molecule has 0 amide bonds. The smallest absolute Gasteiger partial charge is 0.171 e. The van der Waals surface area contributed by atoms with Crippen molar-refractivity contribution in [1.82, 2.24) is 0 Å². The Labute approximate surface area is 128 Å². The van der Waals surface area contributed by atoms with Crippen LogP contribution < -0.4 is 10.6 Å². The molecule has 0 spiro atoms. The van der Waals surface area contributed by atoms with Gasteiger partial charge in [-0.2, -0.15) is 0 Å². The number of rotatable bonds is 2. The van der Waals surface area contributed by atoms with Crippen molar-refractivity contribution in [2.24, 2.45) is 10.9 Å². The van der Waals surface area contributed by atoms with Gasteiger partial charge in [0.1, 0.15) is 0 Å². The van der Waals surface area contributed by atoms with Gasteiger partial charge in [0, 0.05) is 23.0 Å². The van der Waals surface area contributed by atoms with Crippen LogP contribution in [0.2, 0.25) is 5.02 Å². The van der Waals surface area contributed by atoms with Crippen molar-refractivity contribution < 1.29 is 5.21 Å². The first kappa shape index (κ1) is 13.8. The molecule has 0 saturated carbocycles. The highest BCUT2D eigenvalue weighted by Gasteiger charge is 2.27. The number of fused-ring (bicyclic) bond motifs is 1. The van der Waals surface area contributed by atoms with Gasteiger partial charge in [0.05, 0.1) is 5.02 Å². The quantitative estimate of drug-likeness (QED) is 0.386. The van der Waals surface area contributed by atoms with Crippen LogP contribution in [-0.4, -0.2) is 17.1 Å². The molecule has 0 fully saturated rings. The summed E-state index contributed by atoms with van der Waals surface area (Å²) in [6.45, 7) is 2.19. The average Bonchev–Trinajstić information content (AvgIpc) is 2.82. The molecule has 1 unspecified atom stereocenters. The summed E-state index contributed by atoms with van der Waals surface area (Å²) in [6.07, 6.45) is 1.01. The molecule has 0 bridgehead atoms. The molecule has 0 aliphatic carbocycles. The first-order valence-electron chi connectivity index (χ1n) is 6.76. The van der Waals surface area contributed by atoms with Crippen molar-refractivity contribution in [2.75, 3.05) is 4.90 Å². The van der Waals surface area contributed by atoms with Crippen molar-refractivity contribution in [2.45, 2.75) is 19.4 Å². The molecule has 1 aliphatic heterocycles. The van der Waals surface area contributed by atoms with E-state index in [4.69, 9.17) is 22.5 Å². The van der Waals surface area contributed by atoms with E-state index >= 15 is 0 Å². The van der Waals surface area contributed by atoms with Gasteiger partial charge < -0.3 is 15.8 Å².